The van der Waals surface area contributed by atoms with Crippen molar-refractivity contribution in [2.45, 2.75) is 49.2 Å². The third kappa shape index (κ3) is 3.38. The van der Waals surface area contributed by atoms with E-state index in [0.29, 0.717) is 10.9 Å². The number of thioether (sulfide) groups is 1. The Kier molecular flexibility index (Phi) is 4.32. The van der Waals surface area contributed by atoms with E-state index in [4.69, 9.17) is 5.73 Å². The summed E-state index contributed by atoms with van der Waals surface area (Å²) in [7, 11) is 0. The maximum atomic E-state index is 13.0. The molecular formula is C14H20FNS. The van der Waals surface area contributed by atoms with Crippen LogP contribution in [0.3, 0.4) is 0 Å². The molecule has 0 radical (unpaired) electrons. The number of hydrogen-bond acceptors (Lipinski definition) is 2. The van der Waals surface area contributed by atoms with Crippen molar-refractivity contribution in [2.24, 2.45) is 5.92 Å². The number of nitrogen functional groups attached to an aromatic ring is 1. The van der Waals surface area contributed by atoms with Crippen molar-refractivity contribution < 1.29 is 4.39 Å². The van der Waals surface area contributed by atoms with E-state index in [9.17, 15) is 4.39 Å². The van der Waals surface area contributed by atoms with E-state index >= 15 is 0 Å². The van der Waals surface area contributed by atoms with Gasteiger partial charge in [0, 0.05) is 15.8 Å². The fourth-order valence-electron chi connectivity index (χ4n) is 2.53. The fourth-order valence-corrected chi connectivity index (χ4v) is 3.88. The molecule has 94 valence electrons. The molecule has 1 aliphatic carbocycles. The van der Waals surface area contributed by atoms with Gasteiger partial charge in [-0.15, -0.1) is 11.8 Å². The van der Waals surface area contributed by atoms with Crippen LogP contribution in [0, 0.1) is 11.7 Å². The van der Waals surface area contributed by atoms with Gasteiger partial charge in [-0.3, -0.25) is 0 Å². The quantitative estimate of drug-likeness (QED) is 0.804. The fraction of sp³-hybridized carbons (Fsp3) is 0.571. The van der Waals surface area contributed by atoms with Gasteiger partial charge in [0.2, 0.25) is 0 Å². The Morgan fingerprint density at radius 2 is 2.24 bits per heavy atom. The van der Waals surface area contributed by atoms with Gasteiger partial charge in [-0.05, 0) is 37.0 Å². The number of rotatable bonds is 3. The second-order valence-corrected chi connectivity index (χ2v) is 6.21. The van der Waals surface area contributed by atoms with Crippen LogP contribution in [0.4, 0.5) is 10.1 Å². The summed E-state index contributed by atoms with van der Waals surface area (Å²) in [5, 5.41) is 0.654. The summed E-state index contributed by atoms with van der Waals surface area (Å²) in [6, 6.07) is 4.73. The Morgan fingerprint density at radius 3 is 2.94 bits per heavy atom. The lowest BCUT2D eigenvalue weighted by Gasteiger charge is -2.28. The molecule has 2 rings (SSSR count). The van der Waals surface area contributed by atoms with Gasteiger partial charge in [-0.25, -0.2) is 4.39 Å². The first-order valence-corrected chi connectivity index (χ1v) is 7.28. The van der Waals surface area contributed by atoms with E-state index in [1.807, 2.05) is 17.8 Å². The molecule has 1 aromatic carbocycles. The van der Waals surface area contributed by atoms with E-state index < -0.39 is 0 Å². The Labute approximate surface area is 107 Å². The van der Waals surface area contributed by atoms with Crippen LogP contribution in [0.15, 0.2) is 23.1 Å². The molecule has 17 heavy (non-hydrogen) atoms. The minimum absolute atomic E-state index is 0.248. The number of hydrogen-bond donors (Lipinski definition) is 1. The van der Waals surface area contributed by atoms with Gasteiger partial charge in [-0.1, -0.05) is 26.2 Å². The van der Waals surface area contributed by atoms with Crippen LogP contribution < -0.4 is 5.73 Å². The highest BCUT2D eigenvalue weighted by Gasteiger charge is 2.22. The van der Waals surface area contributed by atoms with Gasteiger partial charge >= 0.3 is 0 Å². The molecule has 0 spiro atoms. The van der Waals surface area contributed by atoms with Crippen LogP contribution in [0.5, 0.6) is 0 Å². The molecule has 3 heteroatoms. The summed E-state index contributed by atoms with van der Waals surface area (Å²) in [4.78, 5) is 1.04. The minimum atomic E-state index is -0.248. The van der Waals surface area contributed by atoms with Crippen LogP contribution in [0.2, 0.25) is 0 Å². The summed E-state index contributed by atoms with van der Waals surface area (Å²) < 4.78 is 13.0. The highest BCUT2D eigenvalue weighted by atomic mass is 32.2. The highest BCUT2D eigenvalue weighted by Crippen LogP contribution is 2.39. The molecule has 1 aliphatic rings. The van der Waals surface area contributed by atoms with Crippen LogP contribution >= 0.6 is 11.8 Å². The van der Waals surface area contributed by atoms with Gasteiger partial charge < -0.3 is 5.73 Å². The Hall–Kier alpha value is -0.700. The second kappa shape index (κ2) is 5.76. The van der Waals surface area contributed by atoms with Crippen molar-refractivity contribution in [3.8, 4) is 0 Å². The standard InChI is InChI=1S/C14H20FNS/c1-2-10-4-3-5-12(8-10)17-14-7-6-11(15)9-13(14)16/h6-7,9-10,12H,2-5,8,16H2,1H3. The number of halogens is 1. The van der Waals surface area contributed by atoms with E-state index in [0.717, 1.165) is 10.8 Å². The molecule has 1 aromatic rings. The van der Waals surface area contributed by atoms with Gasteiger partial charge in [0.25, 0.3) is 0 Å². The molecule has 1 fully saturated rings. The first-order chi connectivity index (χ1) is 8.19. The number of benzene rings is 1. The smallest absolute Gasteiger partial charge is 0.125 e. The first kappa shape index (κ1) is 12.7. The lowest BCUT2D eigenvalue weighted by molar-refractivity contribution is 0.357. The third-order valence-corrected chi connectivity index (χ3v) is 4.96. The molecule has 2 unspecified atom stereocenters. The topological polar surface area (TPSA) is 26.0 Å². The molecule has 0 heterocycles. The second-order valence-electron chi connectivity index (χ2n) is 4.86. The predicted octanol–water partition coefficient (Wildman–Crippen LogP) is 4.47. The van der Waals surface area contributed by atoms with E-state index in [1.54, 1.807) is 0 Å². The summed E-state index contributed by atoms with van der Waals surface area (Å²) >= 11 is 1.83. The van der Waals surface area contributed by atoms with Crippen molar-refractivity contribution in [2.75, 3.05) is 5.73 Å². The van der Waals surface area contributed by atoms with Gasteiger partial charge in [-0.2, -0.15) is 0 Å². The molecule has 2 atom stereocenters. The Morgan fingerprint density at radius 1 is 1.41 bits per heavy atom. The molecule has 0 amide bonds. The Bertz CT molecular complexity index is 380. The number of anilines is 1. The van der Waals surface area contributed by atoms with Gasteiger partial charge in [0.15, 0.2) is 0 Å². The zero-order valence-electron chi connectivity index (χ0n) is 10.3. The number of nitrogens with two attached hydrogens (primary N) is 1. The van der Waals surface area contributed by atoms with Crippen molar-refractivity contribution in [1.82, 2.24) is 0 Å². The van der Waals surface area contributed by atoms with Gasteiger partial charge in [0.05, 0.1) is 0 Å². The van der Waals surface area contributed by atoms with Crippen molar-refractivity contribution >= 4 is 17.4 Å². The molecule has 0 aromatic heterocycles. The van der Waals surface area contributed by atoms with E-state index in [2.05, 4.69) is 6.92 Å². The van der Waals surface area contributed by atoms with E-state index in [-0.39, 0.29) is 5.82 Å². The summed E-state index contributed by atoms with van der Waals surface area (Å²) in [5.41, 5.74) is 6.42. The SMILES string of the molecule is CCC1CCCC(Sc2ccc(F)cc2N)C1. The molecule has 2 N–H and O–H groups in total. The average Bonchev–Trinajstić information content (AvgIpc) is 2.33. The maximum absolute atomic E-state index is 13.0. The largest absolute Gasteiger partial charge is 0.398 e. The lowest BCUT2D eigenvalue weighted by atomic mass is 9.87. The highest BCUT2D eigenvalue weighted by molar-refractivity contribution is 8.00. The first-order valence-electron chi connectivity index (χ1n) is 6.40. The predicted molar refractivity (Wildman–Crippen MR) is 72.7 cm³/mol. The van der Waals surface area contributed by atoms with Crippen LogP contribution in [0.25, 0.3) is 0 Å². The molecule has 1 nitrogen and oxygen atoms in total. The third-order valence-electron chi connectivity index (χ3n) is 3.58. The van der Waals surface area contributed by atoms with Crippen molar-refractivity contribution in [1.29, 1.82) is 0 Å². The summed E-state index contributed by atoms with van der Waals surface area (Å²) in [5.74, 6) is 0.616. The lowest BCUT2D eigenvalue weighted by Crippen LogP contribution is -2.16. The van der Waals surface area contributed by atoms with Crippen molar-refractivity contribution in [3.63, 3.8) is 0 Å². The minimum Gasteiger partial charge on any atom is -0.398 e. The van der Waals surface area contributed by atoms with E-state index in [1.165, 1.54) is 44.2 Å². The zero-order chi connectivity index (χ0) is 12.3. The molecule has 1 saturated carbocycles. The average molecular weight is 253 g/mol. The van der Waals surface area contributed by atoms with Crippen molar-refractivity contribution in [3.05, 3.63) is 24.0 Å². The zero-order valence-corrected chi connectivity index (χ0v) is 11.1. The maximum Gasteiger partial charge on any atom is 0.125 e. The molecule has 0 bridgehead atoms. The molecule has 0 aliphatic heterocycles. The Balaban J connectivity index is 2.00. The van der Waals surface area contributed by atoms with Gasteiger partial charge in [0.1, 0.15) is 5.82 Å². The normalized spacial score (nSPS) is 24.8. The van der Waals surface area contributed by atoms with Crippen LogP contribution in [-0.4, -0.2) is 5.25 Å². The van der Waals surface area contributed by atoms with Crippen LogP contribution in [-0.2, 0) is 0 Å². The summed E-state index contributed by atoms with van der Waals surface area (Å²) in [6.45, 7) is 2.27. The molecule has 0 saturated heterocycles. The summed E-state index contributed by atoms with van der Waals surface area (Å²) in [6.07, 6.45) is 6.50. The molecular weight excluding hydrogens is 233 g/mol. The van der Waals surface area contributed by atoms with Crippen LogP contribution in [0.1, 0.15) is 39.0 Å². The monoisotopic (exact) mass is 253 g/mol.